The van der Waals surface area contributed by atoms with Crippen molar-refractivity contribution in [2.75, 3.05) is 9.80 Å². The monoisotopic (exact) mass is 1050 g/mol. The van der Waals surface area contributed by atoms with Crippen LogP contribution in [0.3, 0.4) is 0 Å². The lowest BCUT2D eigenvalue weighted by atomic mass is 9.91. The molecule has 0 aromatic heterocycles. The summed E-state index contributed by atoms with van der Waals surface area (Å²) in [5, 5.41) is 4.17. The number of benzene rings is 12. The third-order valence-corrected chi connectivity index (χ3v) is 14.1. The molecule has 12 aromatic carbocycles. The molecule has 0 spiro atoms. The molecule has 382 valence electrons. The molecule has 0 atom stereocenters. The molecule has 0 fully saturated rings. The molecule has 0 saturated carbocycles. The van der Waals surface area contributed by atoms with Crippen molar-refractivity contribution in [3.63, 3.8) is 0 Å². The number of rotatable bonds is 10. The zero-order chi connectivity index (χ0) is 54.0. The van der Waals surface area contributed by atoms with Crippen molar-refractivity contribution in [1.29, 1.82) is 0 Å². The summed E-state index contributed by atoms with van der Waals surface area (Å²) in [6, 6.07) is 58.6. The highest BCUT2D eigenvalue weighted by Crippen LogP contribution is 2.50. The minimum Gasteiger partial charge on any atom is -0.310 e. The zero-order valence-electron chi connectivity index (χ0n) is 40.6. The second-order valence-electron chi connectivity index (χ2n) is 18.8. The fraction of sp³-hybridized carbons (Fsp3) is 0.0303. The molecule has 12 rings (SSSR count). The van der Waals surface area contributed by atoms with Crippen LogP contribution < -0.4 is 9.80 Å². The van der Waals surface area contributed by atoms with Crippen LogP contribution in [0.1, 0.15) is 11.1 Å². The SMILES string of the molecule is Fc1ccccc1-c1cc(-c2ccccc2F)cc(N(c2ccc(C(F)(F)F)cc2)c2ccc3ccc4c(N(c5ccc(C(F)(F)F)cc5)c5cc(-c6ccccc6F)cc(-c6ccccc6F)c5)ccc5ccc2c3c54)c1. The van der Waals surface area contributed by atoms with Crippen molar-refractivity contribution in [2.24, 2.45) is 0 Å². The van der Waals surface area contributed by atoms with Gasteiger partial charge < -0.3 is 9.80 Å². The highest BCUT2D eigenvalue weighted by Gasteiger charge is 2.32. The Morgan fingerprint density at radius 1 is 0.269 bits per heavy atom. The van der Waals surface area contributed by atoms with Crippen LogP contribution in [0, 0.1) is 23.3 Å². The van der Waals surface area contributed by atoms with E-state index in [9.17, 15) is 26.3 Å². The van der Waals surface area contributed by atoms with Gasteiger partial charge in [0.1, 0.15) is 23.3 Å². The Morgan fingerprint density at radius 3 is 0.833 bits per heavy atom. The van der Waals surface area contributed by atoms with Gasteiger partial charge in [0.2, 0.25) is 0 Å². The Bertz CT molecular complexity index is 3840. The molecule has 0 amide bonds. The largest absolute Gasteiger partial charge is 0.416 e. The molecule has 0 heterocycles. The molecule has 0 unspecified atom stereocenters. The van der Waals surface area contributed by atoms with E-state index in [1.165, 1.54) is 48.5 Å². The van der Waals surface area contributed by atoms with E-state index in [1.807, 2.05) is 48.5 Å². The van der Waals surface area contributed by atoms with Gasteiger partial charge in [-0.2, -0.15) is 26.3 Å². The molecule has 0 aliphatic heterocycles. The lowest BCUT2D eigenvalue weighted by Crippen LogP contribution is -2.13. The maximum Gasteiger partial charge on any atom is 0.416 e. The Morgan fingerprint density at radius 2 is 0.551 bits per heavy atom. The number of alkyl halides is 6. The van der Waals surface area contributed by atoms with E-state index in [-0.39, 0.29) is 33.6 Å². The summed E-state index contributed by atoms with van der Waals surface area (Å²) < 4.78 is 148. The zero-order valence-corrected chi connectivity index (χ0v) is 40.6. The van der Waals surface area contributed by atoms with Crippen LogP contribution in [0.2, 0.25) is 0 Å². The van der Waals surface area contributed by atoms with Gasteiger partial charge in [-0.05, 0) is 165 Å². The van der Waals surface area contributed by atoms with Gasteiger partial charge in [-0.25, -0.2) is 17.6 Å². The molecule has 12 heteroatoms. The van der Waals surface area contributed by atoms with E-state index < -0.39 is 46.7 Å². The molecular weight excluding hydrogens is 1010 g/mol. The van der Waals surface area contributed by atoms with Gasteiger partial charge in [0, 0.05) is 55.8 Å². The van der Waals surface area contributed by atoms with Crippen LogP contribution in [-0.2, 0) is 12.4 Å². The van der Waals surface area contributed by atoms with Gasteiger partial charge >= 0.3 is 12.4 Å². The van der Waals surface area contributed by atoms with Gasteiger partial charge in [-0.3, -0.25) is 0 Å². The molecule has 2 nitrogen and oxygen atoms in total. The third-order valence-electron chi connectivity index (χ3n) is 14.1. The summed E-state index contributed by atoms with van der Waals surface area (Å²) in [6.45, 7) is 0. The van der Waals surface area contributed by atoms with Crippen LogP contribution in [0.15, 0.2) is 231 Å². The lowest BCUT2D eigenvalue weighted by Gasteiger charge is -2.30. The van der Waals surface area contributed by atoms with Crippen molar-refractivity contribution >= 4 is 66.4 Å². The quantitative estimate of drug-likeness (QED) is 0.0995. The van der Waals surface area contributed by atoms with E-state index in [2.05, 4.69) is 0 Å². The smallest absolute Gasteiger partial charge is 0.310 e. The number of anilines is 6. The first-order valence-electron chi connectivity index (χ1n) is 24.5. The molecule has 0 radical (unpaired) electrons. The first-order chi connectivity index (χ1) is 37.6. The summed E-state index contributed by atoms with van der Waals surface area (Å²) in [5.41, 5.74) is 2.75. The fourth-order valence-corrected chi connectivity index (χ4v) is 10.5. The summed E-state index contributed by atoms with van der Waals surface area (Å²) in [5.74, 6) is -2.22. The first-order valence-corrected chi connectivity index (χ1v) is 24.5. The Hall–Kier alpha value is -9.42. The highest BCUT2D eigenvalue weighted by molar-refractivity contribution is 6.28. The standard InChI is InChI=1S/C66H38F10N2/c67-57-13-5-1-9-51(57)41-33-42(52-10-2-6-14-58(52)68)36-49(35-41)77(47-25-21-45(22-26-47)65(71,72)73)61-31-19-39-18-30-56-62(32-20-40-17-29-55(61)63(39)64(40)56)78(48-27-23-46(24-28-48)66(74,75)76)50-37-43(53-11-3-7-15-59(53)69)34-44(38-50)54-12-4-8-16-60(54)70/h1-38H. The van der Waals surface area contributed by atoms with Crippen LogP contribution in [0.25, 0.3) is 76.8 Å². The number of nitrogens with zero attached hydrogens (tertiary/aromatic N) is 2. The van der Waals surface area contributed by atoms with Gasteiger partial charge in [0.05, 0.1) is 22.5 Å². The van der Waals surface area contributed by atoms with Crippen molar-refractivity contribution in [3.8, 4) is 44.5 Å². The van der Waals surface area contributed by atoms with E-state index >= 15 is 17.6 Å². The molecule has 0 saturated heterocycles. The fourth-order valence-electron chi connectivity index (χ4n) is 10.5. The molecule has 12 aromatic rings. The molecule has 0 N–H and O–H groups in total. The summed E-state index contributed by atoms with van der Waals surface area (Å²) in [6.07, 6.45) is -9.33. The predicted octanol–water partition coefficient (Wildman–Crippen LogP) is 20.8. The van der Waals surface area contributed by atoms with Gasteiger partial charge in [0.15, 0.2) is 0 Å². The minimum absolute atomic E-state index is 0.199. The number of hydrogen-bond donors (Lipinski definition) is 0. The van der Waals surface area contributed by atoms with Crippen LogP contribution in [0.5, 0.6) is 0 Å². The van der Waals surface area contributed by atoms with Crippen LogP contribution in [-0.4, -0.2) is 0 Å². The Balaban J connectivity index is 1.12. The first kappa shape index (κ1) is 49.5. The van der Waals surface area contributed by atoms with E-state index in [4.69, 9.17) is 0 Å². The lowest BCUT2D eigenvalue weighted by molar-refractivity contribution is -0.138. The second kappa shape index (κ2) is 19.3. The van der Waals surface area contributed by atoms with Crippen molar-refractivity contribution in [3.05, 3.63) is 265 Å². The summed E-state index contributed by atoms with van der Waals surface area (Å²) >= 11 is 0. The predicted molar refractivity (Wildman–Crippen MR) is 291 cm³/mol. The van der Waals surface area contributed by atoms with Gasteiger partial charge in [0.25, 0.3) is 0 Å². The maximum atomic E-state index is 15.8. The number of hydrogen-bond acceptors (Lipinski definition) is 2. The van der Waals surface area contributed by atoms with Crippen LogP contribution in [0.4, 0.5) is 78.0 Å². The van der Waals surface area contributed by atoms with Crippen molar-refractivity contribution < 1.29 is 43.9 Å². The average molecular weight is 1050 g/mol. The molecule has 0 aliphatic rings. The van der Waals surface area contributed by atoms with Gasteiger partial charge in [-0.1, -0.05) is 109 Å². The van der Waals surface area contributed by atoms with E-state index in [1.54, 1.807) is 119 Å². The van der Waals surface area contributed by atoms with Crippen molar-refractivity contribution in [2.45, 2.75) is 12.4 Å². The minimum atomic E-state index is -4.66. The normalized spacial score (nSPS) is 12.0. The van der Waals surface area contributed by atoms with Gasteiger partial charge in [-0.15, -0.1) is 0 Å². The van der Waals surface area contributed by atoms with E-state index in [0.29, 0.717) is 66.5 Å². The highest BCUT2D eigenvalue weighted by atomic mass is 19.4. The average Bonchev–Trinajstić information content (AvgIpc) is 3.64. The Labute approximate surface area is 440 Å². The van der Waals surface area contributed by atoms with E-state index in [0.717, 1.165) is 35.0 Å². The molecule has 78 heavy (non-hydrogen) atoms. The van der Waals surface area contributed by atoms with Crippen LogP contribution >= 0.6 is 0 Å². The second-order valence-corrected chi connectivity index (χ2v) is 18.8. The third kappa shape index (κ3) is 8.98. The topological polar surface area (TPSA) is 6.48 Å². The molecular formula is C66H38F10N2. The Kier molecular flexibility index (Phi) is 12.2. The number of halogens is 10. The summed E-state index contributed by atoms with van der Waals surface area (Å²) in [4.78, 5) is 3.49. The van der Waals surface area contributed by atoms with Crippen molar-refractivity contribution in [1.82, 2.24) is 0 Å². The molecule has 0 aliphatic carbocycles. The maximum absolute atomic E-state index is 15.8. The molecule has 0 bridgehead atoms. The summed E-state index contributed by atoms with van der Waals surface area (Å²) in [7, 11) is 0.